The average molecular weight is 187 g/mol. The van der Waals surface area contributed by atoms with Crippen LogP contribution in [0, 0.1) is 5.41 Å². The Bertz CT molecular complexity index is 164. The van der Waals surface area contributed by atoms with Crippen LogP contribution in [0.2, 0.25) is 0 Å². The summed E-state index contributed by atoms with van der Waals surface area (Å²) in [5, 5.41) is 2.79. The molecule has 13 heavy (non-hydrogen) atoms. The first-order valence-electron chi connectivity index (χ1n) is 4.69. The lowest BCUT2D eigenvalue weighted by Gasteiger charge is -2.25. The molecule has 78 valence electrons. The quantitative estimate of drug-likeness (QED) is 0.709. The first-order valence-corrected chi connectivity index (χ1v) is 4.69. The second-order valence-electron chi connectivity index (χ2n) is 4.43. The summed E-state index contributed by atoms with van der Waals surface area (Å²) in [6, 6.07) is 0. The lowest BCUT2D eigenvalue weighted by molar-refractivity contribution is -0.119. The molecule has 0 rings (SSSR count). The molecule has 0 atom stereocenters. The molecular formula is C10H21NO2. The molecule has 3 nitrogen and oxygen atoms in total. The van der Waals surface area contributed by atoms with E-state index in [1.54, 1.807) is 0 Å². The molecule has 0 aliphatic rings. The molecule has 0 saturated heterocycles. The van der Waals surface area contributed by atoms with E-state index >= 15 is 0 Å². The van der Waals surface area contributed by atoms with E-state index in [9.17, 15) is 4.79 Å². The zero-order valence-electron chi connectivity index (χ0n) is 9.31. The summed E-state index contributed by atoms with van der Waals surface area (Å²) < 4.78 is 5.49. The zero-order chi connectivity index (χ0) is 10.5. The Balaban J connectivity index is 3.72. The fraction of sp³-hybridized carbons (Fsp3) is 0.900. The van der Waals surface area contributed by atoms with Crippen LogP contribution in [0.15, 0.2) is 0 Å². The van der Waals surface area contributed by atoms with Crippen molar-refractivity contribution in [1.82, 2.24) is 5.32 Å². The molecule has 0 radical (unpaired) electrons. The van der Waals surface area contributed by atoms with Crippen molar-refractivity contribution in [2.75, 3.05) is 13.2 Å². The molecule has 0 aromatic carbocycles. The molecular weight excluding hydrogens is 166 g/mol. The number of carbonyl (C=O) groups excluding carboxylic acids is 1. The maximum Gasteiger partial charge on any atom is 0.216 e. The lowest BCUT2D eigenvalue weighted by Crippen LogP contribution is -2.36. The van der Waals surface area contributed by atoms with Gasteiger partial charge in [-0.15, -0.1) is 0 Å². The van der Waals surface area contributed by atoms with Gasteiger partial charge >= 0.3 is 0 Å². The van der Waals surface area contributed by atoms with Gasteiger partial charge in [-0.2, -0.15) is 0 Å². The fourth-order valence-corrected chi connectivity index (χ4v) is 0.807. The number of hydrogen-bond acceptors (Lipinski definition) is 2. The Hall–Kier alpha value is -0.570. The van der Waals surface area contributed by atoms with Crippen molar-refractivity contribution in [2.24, 2.45) is 5.41 Å². The van der Waals surface area contributed by atoms with Gasteiger partial charge in [-0.05, 0) is 13.8 Å². The highest BCUT2D eigenvalue weighted by Crippen LogP contribution is 2.14. The van der Waals surface area contributed by atoms with Gasteiger partial charge in [-0.1, -0.05) is 13.8 Å². The van der Waals surface area contributed by atoms with Gasteiger partial charge in [0.1, 0.15) is 0 Å². The van der Waals surface area contributed by atoms with E-state index in [4.69, 9.17) is 4.74 Å². The predicted octanol–water partition coefficient (Wildman–Crippen LogP) is 1.57. The summed E-state index contributed by atoms with van der Waals surface area (Å²) in [5.74, 6) is 0.0117. The van der Waals surface area contributed by atoms with Crippen LogP contribution < -0.4 is 5.32 Å². The van der Waals surface area contributed by atoms with Crippen LogP contribution in [0.1, 0.15) is 34.6 Å². The van der Waals surface area contributed by atoms with Gasteiger partial charge < -0.3 is 10.1 Å². The van der Waals surface area contributed by atoms with Crippen molar-refractivity contribution in [3.8, 4) is 0 Å². The number of carbonyl (C=O) groups is 1. The summed E-state index contributed by atoms with van der Waals surface area (Å²) in [6.07, 6.45) is 0.247. The molecule has 1 amide bonds. The summed E-state index contributed by atoms with van der Waals surface area (Å²) in [7, 11) is 0. The van der Waals surface area contributed by atoms with E-state index in [1.807, 2.05) is 13.8 Å². The third-order valence-electron chi connectivity index (χ3n) is 1.62. The van der Waals surface area contributed by atoms with Crippen molar-refractivity contribution in [3.05, 3.63) is 0 Å². The maximum atomic E-state index is 10.7. The van der Waals surface area contributed by atoms with Crippen molar-refractivity contribution in [1.29, 1.82) is 0 Å². The minimum absolute atomic E-state index is 0.00986. The molecule has 0 aliphatic heterocycles. The highest BCUT2D eigenvalue weighted by atomic mass is 16.5. The number of hydrogen-bond donors (Lipinski definition) is 1. The number of nitrogens with one attached hydrogen (secondary N) is 1. The normalized spacial score (nSPS) is 11.8. The van der Waals surface area contributed by atoms with Gasteiger partial charge in [0, 0.05) is 18.9 Å². The van der Waals surface area contributed by atoms with Gasteiger partial charge in [0.25, 0.3) is 0 Å². The second kappa shape index (κ2) is 5.22. The highest BCUT2D eigenvalue weighted by molar-refractivity contribution is 5.72. The van der Waals surface area contributed by atoms with E-state index < -0.39 is 0 Å². The minimum Gasteiger partial charge on any atom is -0.378 e. The summed E-state index contributed by atoms with van der Waals surface area (Å²) in [6.45, 7) is 11.0. The standard InChI is InChI=1S/C10H21NO2/c1-8(2)13-7-10(4,5)6-11-9(3)12/h8H,6-7H2,1-5H3,(H,11,12). The molecule has 0 fully saturated rings. The van der Waals surface area contributed by atoms with Gasteiger partial charge in [0.2, 0.25) is 5.91 Å². The SMILES string of the molecule is CC(=O)NCC(C)(C)COC(C)C. The molecule has 0 heterocycles. The molecule has 0 aromatic heterocycles. The van der Waals surface area contributed by atoms with Crippen LogP contribution in [0.4, 0.5) is 0 Å². The summed E-state index contributed by atoms with van der Waals surface area (Å²) in [4.78, 5) is 10.7. The summed E-state index contributed by atoms with van der Waals surface area (Å²) >= 11 is 0. The first kappa shape index (κ1) is 12.4. The first-order chi connectivity index (χ1) is 5.83. The van der Waals surface area contributed by atoms with Crippen molar-refractivity contribution in [3.63, 3.8) is 0 Å². The van der Waals surface area contributed by atoms with Gasteiger partial charge in [0.05, 0.1) is 12.7 Å². The van der Waals surface area contributed by atoms with Gasteiger partial charge in [0.15, 0.2) is 0 Å². The van der Waals surface area contributed by atoms with E-state index in [0.29, 0.717) is 13.2 Å². The zero-order valence-corrected chi connectivity index (χ0v) is 9.31. The maximum absolute atomic E-state index is 10.7. The van der Waals surface area contributed by atoms with Crippen molar-refractivity contribution in [2.45, 2.75) is 40.7 Å². The van der Waals surface area contributed by atoms with Crippen LogP contribution in [0.5, 0.6) is 0 Å². The van der Waals surface area contributed by atoms with E-state index in [1.165, 1.54) is 6.92 Å². The molecule has 0 aliphatic carbocycles. The van der Waals surface area contributed by atoms with Gasteiger partial charge in [-0.25, -0.2) is 0 Å². The largest absolute Gasteiger partial charge is 0.378 e. The van der Waals surface area contributed by atoms with E-state index in [2.05, 4.69) is 19.2 Å². The highest BCUT2D eigenvalue weighted by Gasteiger charge is 2.18. The topological polar surface area (TPSA) is 38.3 Å². The van der Waals surface area contributed by atoms with Crippen LogP contribution in [-0.4, -0.2) is 25.2 Å². The fourth-order valence-electron chi connectivity index (χ4n) is 0.807. The molecule has 1 N–H and O–H groups in total. The molecule has 3 heteroatoms. The van der Waals surface area contributed by atoms with E-state index in [0.717, 1.165) is 0 Å². The second-order valence-corrected chi connectivity index (χ2v) is 4.43. The van der Waals surface area contributed by atoms with Gasteiger partial charge in [-0.3, -0.25) is 4.79 Å². The molecule has 0 unspecified atom stereocenters. The third-order valence-corrected chi connectivity index (χ3v) is 1.62. The smallest absolute Gasteiger partial charge is 0.216 e. The monoisotopic (exact) mass is 187 g/mol. The Morgan fingerprint density at radius 2 is 2.00 bits per heavy atom. The van der Waals surface area contributed by atoms with Crippen LogP contribution in [0.3, 0.4) is 0 Å². The Labute approximate surface area is 80.8 Å². The van der Waals surface area contributed by atoms with Crippen LogP contribution in [-0.2, 0) is 9.53 Å². The Morgan fingerprint density at radius 3 is 2.38 bits per heavy atom. The lowest BCUT2D eigenvalue weighted by atomic mass is 9.95. The average Bonchev–Trinajstić information content (AvgIpc) is 1.98. The number of ether oxygens (including phenoxy) is 1. The predicted molar refractivity (Wildman–Crippen MR) is 53.6 cm³/mol. The number of rotatable bonds is 5. The van der Waals surface area contributed by atoms with Crippen LogP contribution >= 0.6 is 0 Å². The molecule has 0 saturated carbocycles. The van der Waals surface area contributed by atoms with Crippen molar-refractivity contribution >= 4 is 5.91 Å². The summed E-state index contributed by atoms with van der Waals surface area (Å²) in [5.41, 5.74) is 0.00986. The third kappa shape index (κ3) is 7.78. The Morgan fingerprint density at radius 1 is 1.46 bits per heavy atom. The minimum atomic E-state index is 0.00986. The number of amides is 1. The van der Waals surface area contributed by atoms with Crippen molar-refractivity contribution < 1.29 is 9.53 Å². The molecule has 0 bridgehead atoms. The van der Waals surface area contributed by atoms with Crippen LogP contribution in [0.25, 0.3) is 0 Å². The molecule has 0 spiro atoms. The molecule has 0 aromatic rings. The van der Waals surface area contributed by atoms with E-state index in [-0.39, 0.29) is 17.4 Å². The Kier molecular flexibility index (Phi) is 4.99.